The van der Waals surface area contributed by atoms with Gasteiger partial charge in [-0.3, -0.25) is 9.89 Å². The number of amides is 1. The molecule has 1 aliphatic rings. The van der Waals surface area contributed by atoms with Gasteiger partial charge in [0.05, 0.1) is 23.8 Å². The number of anilines is 1. The Morgan fingerprint density at radius 2 is 1.73 bits per heavy atom. The summed E-state index contributed by atoms with van der Waals surface area (Å²) in [5, 5.41) is 10.3. The lowest BCUT2D eigenvalue weighted by Gasteiger charge is -2.27. The van der Waals surface area contributed by atoms with Crippen LogP contribution in [0.3, 0.4) is 0 Å². The van der Waals surface area contributed by atoms with Gasteiger partial charge in [-0.25, -0.2) is 9.18 Å². The molecular weight excluding hydrogens is 561 g/mol. The molecule has 1 saturated heterocycles. The van der Waals surface area contributed by atoms with Gasteiger partial charge in [0.1, 0.15) is 5.82 Å². The Hall–Kier alpha value is -3.65. The number of ether oxygens (including phenoxy) is 1. The van der Waals surface area contributed by atoms with Gasteiger partial charge >= 0.3 is 18.4 Å². The summed E-state index contributed by atoms with van der Waals surface area (Å²) in [5.41, 5.74) is 0.865. The predicted octanol–water partition coefficient (Wildman–Crippen LogP) is 5.72. The number of likely N-dealkylation sites (tertiary alicyclic amines) is 1. The lowest BCUT2D eigenvalue weighted by Crippen LogP contribution is -2.37. The first-order chi connectivity index (χ1) is 19.2. The molecule has 224 valence electrons. The number of alkyl halides is 6. The molecule has 1 unspecified atom stereocenters. The van der Waals surface area contributed by atoms with Crippen molar-refractivity contribution in [1.29, 1.82) is 0 Å². The number of nitrogens with two attached hydrogens (primary N) is 1. The number of nitrogens with zero attached hydrogens (tertiary/aromatic N) is 3. The largest absolute Gasteiger partial charge is 0.420 e. The molecule has 14 heteroatoms. The van der Waals surface area contributed by atoms with Crippen LogP contribution in [0.2, 0.25) is 0 Å². The van der Waals surface area contributed by atoms with Crippen molar-refractivity contribution in [3.8, 4) is 5.75 Å². The van der Waals surface area contributed by atoms with Gasteiger partial charge in [0.15, 0.2) is 5.75 Å². The Balaban J connectivity index is 1.98. The fraction of sp³-hybridized carbons (Fsp3) is 0.407. The van der Waals surface area contributed by atoms with E-state index in [0.717, 1.165) is 81.0 Å². The number of hydrogen-bond donors (Lipinski definition) is 2. The SMILES string of the molecule is CN(C(=O)Oc1c(/C(C=NCC(O)CN2CCCCC2)=C/N)cc(C(F)(F)F)cc1C(F)(F)F)c1ccc(F)cc1. The molecule has 41 heavy (non-hydrogen) atoms. The summed E-state index contributed by atoms with van der Waals surface area (Å²) in [5.74, 6) is -1.88. The molecule has 2 aromatic rings. The number of aliphatic hydroxyl groups is 1. The number of hydrogen-bond acceptors (Lipinski definition) is 6. The summed E-state index contributed by atoms with van der Waals surface area (Å²) in [7, 11) is 1.12. The highest BCUT2D eigenvalue weighted by Gasteiger charge is 2.41. The number of benzene rings is 2. The highest BCUT2D eigenvalue weighted by Crippen LogP contribution is 2.44. The molecule has 0 radical (unpaired) electrons. The van der Waals surface area contributed by atoms with E-state index >= 15 is 0 Å². The van der Waals surface area contributed by atoms with Crippen LogP contribution in [0.25, 0.3) is 5.57 Å². The van der Waals surface area contributed by atoms with E-state index in [1.807, 2.05) is 4.90 Å². The summed E-state index contributed by atoms with van der Waals surface area (Å²) in [6.07, 6.45) is -8.24. The van der Waals surface area contributed by atoms with E-state index in [0.29, 0.717) is 12.6 Å². The molecule has 1 fully saturated rings. The van der Waals surface area contributed by atoms with Crippen molar-refractivity contribution in [2.45, 2.75) is 37.7 Å². The smallest absolute Gasteiger partial charge is 0.409 e. The van der Waals surface area contributed by atoms with Crippen molar-refractivity contribution in [1.82, 2.24) is 4.90 Å². The van der Waals surface area contributed by atoms with Crippen molar-refractivity contribution in [2.24, 2.45) is 10.7 Å². The van der Waals surface area contributed by atoms with Gasteiger partial charge in [0, 0.05) is 42.8 Å². The third kappa shape index (κ3) is 8.67. The van der Waals surface area contributed by atoms with E-state index in [1.54, 1.807) is 0 Å². The second-order valence-electron chi connectivity index (χ2n) is 9.43. The van der Waals surface area contributed by atoms with Gasteiger partial charge in [-0.2, -0.15) is 26.3 Å². The third-order valence-corrected chi connectivity index (χ3v) is 6.35. The average Bonchev–Trinajstić information content (AvgIpc) is 2.90. The van der Waals surface area contributed by atoms with Gasteiger partial charge < -0.3 is 20.5 Å². The van der Waals surface area contributed by atoms with Crippen molar-refractivity contribution in [2.75, 3.05) is 38.1 Å². The fourth-order valence-electron chi connectivity index (χ4n) is 4.23. The summed E-state index contributed by atoms with van der Waals surface area (Å²) in [4.78, 5) is 19.6. The number of carbonyl (C=O) groups is 1. The van der Waals surface area contributed by atoms with Gasteiger partial charge in [0.25, 0.3) is 0 Å². The van der Waals surface area contributed by atoms with Crippen LogP contribution in [0.5, 0.6) is 5.75 Å². The van der Waals surface area contributed by atoms with Crippen LogP contribution in [0.4, 0.5) is 41.2 Å². The molecule has 1 amide bonds. The average molecular weight is 591 g/mol. The van der Waals surface area contributed by atoms with Crippen molar-refractivity contribution < 1.29 is 45.4 Å². The van der Waals surface area contributed by atoms with E-state index < -0.39 is 58.4 Å². The number of aliphatic hydroxyl groups excluding tert-OH is 1. The van der Waals surface area contributed by atoms with Gasteiger partial charge in [-0.05, 0) is 62.3 Å². The summed E-state index contributed by atoms with van der Waals surface area (Å²) >= 11 is 0. The van der Waals surface area contributed by atoms with Gasteiger partial charge in [-0.1, -0.05) is 6.42 Å². The van der Waals surface area contributed by atoms with Gasteiger partial charge in [0.2, 0.25) is 0 Å². The van der Waals surface area contributed by atoms with E-state index in [4.69, 9.17) is 10.5 Å². The molecule has 1 aliphatic heterocycles. The van der Waals surface area contributed by atoms with Crippen molar-refractivity contribution in [3.63, 3.8) is 0 Å². The van der Waals surface area contributed by atoms with Crippen molar-refractivity contribution >= 4 is 23.6 Å². The quantitative estimate of drug-likeness (QED) is 0.304. The van der Waals surface area contributed by atoms with Crippen LogP contribution in [0.15, 0.2) is 47.6 Å². The van der Waals surface area contributed by atoms with Gasteiger partial charge in [-0.15, -0.1) is 0 Å². The Kier molecular flexibility index (Phi) is 10.4. The maximum Gasteiger partial charge on any atom is 0.420 e. The number of allylic oxidation sites excluding steroid dienone is 1. The number of aliphatic imine (C=N–C) groups is 1. The molecule has 0 aliphatic carbocycles. The molecule has 1 heterocycles. The molecule has 0 saturated carbocycles. The predicted molar refractivity (Wildman–Crippen MR) is 139 cm³/mol. The van der Waals surface area contributed by atoms with Crippen LogP contribution in [0, 0.1) is 5.82 Å². The minimum Gasteiger partial charge on any atom is -0.409 e. The Morgan fingerprint density at radius 3 is 2.29 bits per heavy atom. The monoisotopic (exact) mass is 590 g/mol. The molecule has 0 aromatic heterocycles. The second-order valence-corrected chi connectivity index (χ2v) is 9.43. The minimum absolute atomic E-state index is 0.0391. The van der Waals surface area contributed by atoms with Crippen LogP contribution in [-0.2, 0) is 12.4 Å². The standard InChI is InChI=1S/C27H29F7N4O3/c1-37(20-7-5-19(28)6-8-20)25(40)41-24-22(11-18(26(29,30)31)12-23(24)27(32,33)34)17(13-35)14-36-15-21(39)16-38-9-3-2-4-10-38/h5-8,11-14,21,39H,2-4,9-10,15-16,35H2,1H3/b17-13+,36-14?. The second kappa shape index (κ2) is 13.3. The lowest BCUT2D eigenvalue weighted by atomic mass is 9.98. The Labute approximate surface area is 231 Å². The molecule has 0 spiro atoms. The molecule has 0 bridgehead atoms. The van der Waals surface area contributed by atoms with E-state index in [9.17, 15) is 40.6 Å². The maximum absolute atomic E-state index is 14.0. The van der Waals surface area contributed by atoms with E-state index in [-0.39, 0.29) is 18.3 Å². The summed E-state index contributed by atoms with van der Waals surface area (Å²) < 4.78 is 101. The minimum atomic E-state index is -5.37. The summed E-state index contributed by atoms with van der Waals surface area (Å²) in [6, 6.07) is 4.50. The Bertz CT molecular complexity index is 1260. The van der Waals surface area contributed by atoms with E-state index in [1.165, 1.54) is 0 Å². The highest BCUT2D eigenvalue weighted by atomic mass is 19.4. The normalized spacial score (nSPS) is 16.2. The number of piperidine rings is 1. The zero-order valence-corrected chi connectivity index (χ0v) is 22.0. The van der Waals surface area contributed by atoms with Crippen LogP contribution >= 0.6 is 0 Å². The molecule has 2 aromatic carbocycles. The number of carbonyl (C=O) groups excluding carboxylic acids is 1. The first-order valence-corrected chi connectivity index (χ1v) is 12.6. The maximum atomic E-state index is 14.0. The number of halogens is 7. The zero-order valence-electron chi connectivity index (χ0n) is 22.0. The van der Waals surface area contributed by atoms with Crippen LogP contribution in [0.1, 0.15) is 36.0 Å². The topological polar surface area (TPSA) is 91.4 Å². The summed E-state index contributed by atoms with van der Waals surface area (Å²) in [6.45, 7) is 1.67. The van der Waals surface area contributed by atoms with Crippen LogP contribution < -0.4 is 15.4 Å². The highest BCUT2D eigenvalue weighted by molar-refractivity contribution is 6.11. The fourth-order valence-corrected chi connectivity index (χ4v) is 4.23. The molecule has 3 rings (SSSR count). The number of β-amino-alcohol motifs (C(OH)–C–C–N with tert-alkyl or cyclic N) is 1. The van der Waals surface area contributed by atoms with E-state index in [2.05, 4.69) is 4.99 Å². The molecule has 1 atom stereocenters. The molecule has 7 nitrogen and oxygen atoms in total. The first kappa shape index (κ1) is 31.9. The number of rotatable bonds is 8. The third-order valence-electron chi connectivity index (χ3n) is 6.35. The Morgan fingerprint density at radius 1 is 1.10 bits per heavy atom. The van der Waals surface area contributed by atoms with Crippen molar-refractivity contribution in [3.05, 3.63) is 65.1 Å². The molecular formula is C27H29F7N4O3. The zero-order chi connectivity index (χ0) is 30.4. The molecule has 3 N–H and O–H groups in total. The first-order valence-electron chi connectivity index (χ1n) is 12.6. The lowest BCUT2D eigenvalue weighted by molar-refractivity contribution is -0.143. The van der Waals surface area contributed by atoms with Crippen LogP contribution in [-0.4, -0.2) is 61.6 Å².